The van der Waals surface area contributed by atoms with Gasteiger partial charge in [0.2, 0.25) is 0 Å². The number of aromatic nitrogens is 2. The summed E-state index contributed by atoms with van der Waals surface area (Å²) in [6.45, 7) is 2.05. The van der Waals surface area contributed by atoms with Gasteiger partial charge < -0.3 is 0 Å². The first kappa shape index (κ1) is 9.66. The second kappa shape index (κ2) is 3.33. The van der Waals surface area contributed by atoms with Crippen LogP contribution in [0.5, 0.6) is 0 Å². The molecule has 0 unspecified atom stereocenters. The summed E-state index contributed by atoms with van der Waals surface area (Å²) in [4.78, 5) is 4.46. The minimum atomic E-state index is 1.03. The molecule has 0 aliphatic heterocycles. The molecule has 0 spiro atoms. The van der Waals surface area contributed by atoms with Crippen molar-refractivity contribution in [1.82, 2.24) is 9.38 Å². The first-order valence-electron chi connectivity index (χ1n) is 6.10. The van der Waals surface area contributed by atoms with Gasteiger partial charge in [0, 0.05) is 10.8 Å². The van der Waals surface area contributed by atoms with E-state index in [9.17, 15) is 0 Å². The Hall–Kier alpha value is -2.35. The van der Waals surface area contributed by atoms with Crippen molar-refractivity contribution in [2.75, 3.05) is 0 Å². The van der Waals surface area contributed by atoms with Crippen LogP contribution >= 0.6 is 0 Å². The van der Waals surface area contributed by atoms with E-state index >= 15 is 0 Å². The predicted molar refractivity (Wildman–Crippen MR) is 74.9 cm³/mol. The Labute approximate surface area is 104 Å². The molecule has 0 atom stereocenters. The van der Waals surface area contributed by atoms with E-state index in [0.29, 0.717) is 0 Å². The molecule has 0 amide bonds. The van der Waals surface area contributed by atoms with Crippen LogP contribution in [0.1, 0.15) is 5.82 Å². The van der Waals surface area contributed by atoms with Gasteiger partial charge in [0.25, 0.3) is 0 Å². The molecule has 2 nitrogen and oxygen atoms in total. The smallest absolute Gasteiger partial charge is 0.110 e. The van der Waals surface area contributed by atoms with Gasteiger partial charge in [0.1, 0.15) is 5.82 Å². The molecular weight excluding hydrogens is 220 g/mol. The minimum Gasteiger partial charge on any atom is -0.296 e. The lowest BCUT2D eigenvalue weighted by Gasteiger charge is -2.09. The lowest BCUT2D eigenvalue weighted by Crippen LogP contribution is -1.92. The summed E-state index contributed by atoms with van der Waals surface area (Å²) in [6, 6.07) is 17.0. The molecule has 0 N–H and O–H groups in total. The van der Waals surface area contributed by atoms with E-state index in [1.54, 1.807) is 0 Å². The quantitative estimate of drug-likeness (QED) is 0.420. The molecule has 86 valence electrons. The monoisotopic (exact) mass is 232 g/mol. The third-order valence-corrected chi connectivity index (χ3v) is 3.58. The van der Waals surface area contributed by atoms with Gasteiger partial charge in [-0.15, -0.1) is 0 Å². The van der Waals surface area contributed by atoms with E-state index in [1.807, 2.05) is 13.1 Å². The molecule has 0 saturated heterocycles. The summed E-state index contributed by atoms with van der Waals surface area (Å²) in [5.74, 6) is 1.03. The van der Waals surface area contributed by atoms with Crippen molar-refractivity contribution in [3.05, 3.63) is 60.6 Å². The Kier molecular flexibility index (Phi) is 1.78. The lowest BCUT2D eigenvalue weighted by molar-refractivity contribution is 1.08. The van der Waals surface area contributed by atoms with Gasteiger partial charge in [-0.05, 0) is 18.4 Å². The van der Waals surface area contributed by atoms with Crippen LogP contribution < -0.4 is 0 Å². The van der Waals surface area contributed by atoms with E-state index in [2.05, 4.69) is 57.9 Å². The molecule has 2 heteroatoms. The van der Waals surface area contributed by atoms with Gasteiger partial charge in [0.15, 0.2) is 0 Å². The van der Waals surface area contributed by atoms with Crippen LogP contribution in [-0.4, -0.2) is 9.38 Å². The number of para-hydroxylation sites is 1. The summed E-state index contributed by atoms with van der Waals surface area (Å²) in [6.07, 6.45) is 1.96. The fourth-order valence-corrected chi connectivity index (χ4v) is 2.78. The van der Waals surface area contributed by atoms with Crippen molar-refractivity contribution in [1.29, 1.82) is 0 Å². The van der Waals surface area contributed by atoms with Crippen LogP contribution in [0.15, 0.2) is 54.7 Å². The summed E-state index contributed by atoms with van der Waals surface area (Å²) in [5.41, 5.74) is 2.41. The highest BCUT2D eigenvalue weighted by atomic mass is 15.0. The van der Waals surface area contributed by atoms with Crippen molar-refractivity contribution in [2.45, 2.75) is 6.92 Å². The Bertz CT molecular complexity index is 887. The molecule has 0 bridgehead atoms. The number of imidazole rings is 1. The van der Waals surface area contributed by atoms with E-state index in [1.165, 1.54) is 27.2 Å². The van der Waals surface area contributed by atoms with Crippen LogP contribution in [0, 0.1) is 6.92 Å². The standard InChI is InChI=1S/C16H12N2/c1-11-17-10-16-14-8-3-2-6-12(14)13-7-4-5-9-15(13)18(11)16/h2-10H,1H3. The molecule has 0 aliphatic rings. The van der Waals surface area contributed by atoms with Gasteiger partial charge in [-0.1, -0.05) is 42.5 Å². The topological polar surface area (TPSA) is 17.3 Å². The van der Waals surface area contributed by atoms with E-state index in [-0.39, 0.29) is 0 Å². The molecule has 0 saturated carbocycles. The first-order chi connectivity index (χ1) is 8.86. The number of hydrogen-bond donors (Lipinski definition) is 0. The first-order valence-corrected chi connectivity index (χ1v) is 6.10. The molecule has 4 rings (SSSR count). The molecular formula is C16H12N2. The van der Waals surface area contributed by atoms with Crippen LogP contribution in [0.3, 0.4) is 0 Å². The Morgan fingerprint density at radius 2 is 1.39 bits per heavy atom. The molecule has 2 heterocycles. The highest BCUT2D eigenvalue weighted by molar-refractivity contribution is 6.12. The SMILES string of the molecule is Cc1ncc2c3ccccc3c3ccccc3n12. The third-order valence-electron chi connectivity index (χ3n) is 3.58. The van der Waals surface area contributed by atoms with E-state index in [4.69, 9.17) is 0 Å². The van der Waals surface area contributed by atoms with Gasteiger partial charge in [0.05, 0.1) is 17.2 Å². The Morgan fingerprint density at radius 1 is 0.778 bits per heavy atom. The number of fused-ring (bicyclic) bond motifs is 6. The van der Waals surface area contributed by atoms with E-state index < -0.39 is 0 Å². The van der Waals surface area contributed by atoms with Gasteiger partial charge in [-0.25, -0.2) is 4.98 Å². The Balaban J connectivity index is 2.48. The van der Waals surface area contributed by atoms with Crippen molar-refractivity contribution >= 4 is 27.2 Å². The number of nitrogens with zero attached hydrogens (tertiary/aromatic N) is 2. The van der Waals surface area contributed by atoms with Gasteiger partial charge in [-0.2, -0.15) is 0 Å². The zero-order chi connectivity index (χ0) is 12.1. The van der Waals surface area contributed by atoms with Gasteiger partial charge in [-0.3, -0.25) is 4.40 Å². The molecule has 18 heavy (non-hydrogen) atoms. The average molecular weight is 232 g/mol. The maximum absolute atomic E-state index is 4.46. The fourth-order valence-electron chi connectivity index (χ4n) is 2.78. The van der Waals surface area contributed by atoms with Crippen molar-refractivity contribution < 1.29 is 0 Å². The maximum Gasteiger partial charge on any atom is 0.110 e. The molecule has 4 aromatic rings. The summed E-state index contributed by atoms with van der Waals surface area (Å²) in [5, 5.41) is 3.83. The molecule has 2 aromatic heterocycles. The lowest BCUT2D eigenvalue weighted by atomic mass is 10.1. The minimum absolute atomic E-state index is 1.03. The molecule has 0 aliphatic carbocycles. The average Bonchev–Trinajstić information content (AvgIpc) is 2.82. The predicted octanol–water partition coefficient (Wildman–Crippen LogP) is 3.95. The largest absolute Gasteiger partial charge is 0.296 e. The van der Waals surface area contributed by atoms with Crippen molar-refractivity contribution in [3.8, 4) is 0 Å². The molecule has 0 fully saturated rings. The van der Waals surface area contributed by atoms with Crippen LogP contribution in [0.4, 0.5) is 0 Å². The maximum atomic E-state index is 4.46. The summed E-state index contributed by atoms with van der Waals surface area (Å²) in [7, 11) is 0. The van der Waals surface area contributed by atoms with E-state index in [0.717, 1.165) is 5.82 Å². The van der Waals surface area contributed by atoms with Crippen molar-refractivity contribution in [2.24, 2.45) is 0 Å². The summed E-state index contributed by atoms with van der Waals surface area (Å²) < 4.78 is 2.23. The highest BCUT2D eigenvalue weighted by Crippen LogP contribution is 2.29. The van der Waals surface area contributed by atoms with Crippen LogP contribution in [0.25, 0.3) is 27.2 Å². The summed E-state index contributed by atoms with van der Waals surface area (Å²) >= 11 is 0. The highest BCUT2D eigenvalue weighted by Gasteiger charge is 2.09. The third kappa shape index (κ3) is 1.10. The second-order valence-electron chi connectivity index (χ2n) is 4.59. The van der Waals surface area contributed by atoms with Crippen molar-refractivity contribution in [3.63, 3.8) is 0 Å². The number of benzene rings is 2. The van der Waals surface area contributed by atoms with Crippen LogP contribution in [-0.2, 0) is 0 Å². The normalized spacial score (nSPS) is 11.6. The Morgan fingerprint density at radius 3 is 2.17 bits per heavy atom. The molecule has 0 radical (unpaired) electrons. The zero-order valence-electron chi connectivity index (χ0n) is 10.1. The fraction of sp³-hybridized carbons (Fsp3) is 0.0625. The number of aryl methyl sites for hydroxylation is 1. The zero-order valence-corrected chi connectivity index (χ0v) is 10.1. The van der Waals surface area contributed by atoms with Crippen LogP contribution in [0.2, 0.25) is 0 Å². The van der Waals surface area contributed by atoms with Gasteiger partial charge >= 0.3 is 0 Å². The number of rotatable bonds is 0. The molecule has 2 aromatic carbocycles. The second-order valence-corrected chi connectivity index (χ2v) is 4.59. The number of pyridine rings is 1. The number of hydrogen-bond acceptors (Lipinski definition) is 1.